The van der Waals surface area contributed by atoms with Crippen LogP contribution in [-0.4, -0.2) is 21.2 Å². The summed E-state index contributed by atoms with van der Waals surface area (Å²) in [6, 6.07) is 0.636. The van der Waals surface area contributed by atoms with Crippen molar-refractivity contribution in [2.24, 2.45) is 0 Å². The molecule has 0 saturated heterocycles. The Morgan fingerprint density at radius 1 is 1.24 bits per heavy atom. The Morgan fingerprint density at radius 3 is 2.29 bits per heavy atom. The van der Waals surface area contributed by atoms with Crippen LogP contribution >= 0.6 is 22.9 Å². The number of fused-ring (bicyclic) bond motifs is 1. The molecular formula is C8HClF3N3O5S. The van der Waals surface area contributed by atoms with E-state index in [1.165, 1.54) is 0 Å². The summed E-state index contributed by atoms with van der Waals surface area (Å²) >= 11 is 6.15. The van der Waals surface area contributed by atoms with Crippen molar-refractivity contribution in [3.05, 3.63) is 30.8 Å². The van der Waals surface area contributed by atoms with Gasteiger partial charge in [0.2, 0.25) is 5.75 Å². The van der Waals surface area contributed by atoms with E-state index in [1.54, 1.807) is 0 Å². The van der Waals surface area contributed by atoms with Crippen LogP contribution in [0.2, 0.25) is 4.47 Å². The van der Waals surface area contributed by atoms with Crippen molar-refractivity contribution in [2.75, 3.05) is 0 Å². The molecule has 112 valence electrons. The maximum absolute atomic E-state index is 12.3. The zero-order valence-electron chi connectivity index (χ0n) is 9.38. The summed E-state index contributed by atoms with van der Waals surface area (Å²) in [5, 5.41) is 21.8. The minimum Gasteiger partial charge on any atom is -0.398 e. The number of nitrogens with zero attached hydrogens (tertiary/aromatic N) is 3. The van der Waals surface area contributed by atoms with Crippen LogP contribution in [-0.2, 0) is 0 Å². The third-order valence-corrected chi connectivity index (χ3v) is 3.27. The lowest BCUT2D eigenvalue weighted by Gasteiger charge is -2.09. The second-order valence-electron chi connectivity index (χ2n) is 3.45. The monoisotopic (exact) mass is 343 g/mol. The second kappa shape index (κ2) is 4.96. The van der Waals surface area contributed by atoms with Gasteiger partial charge in [-0.15, -0.1) is 24.5 Å². The van der Waals surface area contributed by atoms with Gasteiger partial charge in [0.1, 0.15) is 0 Å². The van der Waals surface area contributed by atoms with Crippen LogP contribution in [0.3, 0.4) is 0 Å². The van der Waals surface area contributed by atoms with E-state index in [0.717, 1.165) is 0 Å². The molecule has 0 aliphatic heterocycles. The van der Waals surface area contributed by atoms with Gasteiger partial charge < -0.3 is 4.74 Å². The van der Waals surface area contributed by atoms with E-state index in [1.807, 2.05) is 0 Å². The van der Waals surface area contributed by atoms with Gasteiger partial charge in [-0.05, 0) is 0 Å². The van der Waals surface area contributed by atoms with Crippen LogP contribution in [0.1, 0.15) is 0 Å². The molecule has 0 fully saturated rings. The number of hydrogen-bond acceptors (Lipinski definition) is 7. The van der Waals surface area contributed by atoms with Crippen LogP contribution in [0.5, 0.6) is 5.75 Å². The Kier molecular flexibility index (Phi) is 3.59. The molecule has 0 N–H and O–H groups in total. The van der Waals surface area contributed by atoms with E-state index in [4.69, 9.17) is 11.6 Å². The maximum Gasteiger partial charge on any atom is 0.573 e. The van der Waals surface area contributed by atoms with Crippen molar-refractivity contribution in [2.45, 2.75) is 6.36 Å². The number of thiazole rings is 1. The molecule has 0 unspecified atom stereocenters. The van der Waals surface area contributed by atoms with Gasteiger partial charge in [0.15, 0.2) is 9.98 Å². The zero-order valence-corrected chi connectivity index (χ0v) is 11.0. The molecule has 0 saturated carbocycles. The lowest BCUT2D eigenvalue weighted by atomic mass is 10.2. The van der Waals surface area contributed by atoms with Gasteiger partial charge in [0, 0.05) is 6.07 Å². The van der Waals surface area contributed by atoms with Crippen molar-refractivity contribution in [1.82, 2.24) is 4.98 Å². The van der Waals surface area contributed by atoms with E-state index in [9.17, 15) is 33.4 Å². The van der Waals surface area contributed by atoms with Crippen molar-refractivity contribution >= 4 is 44.5 Å². The van der Waals surface area contributed by atoms with Gasteiger partial charge in [0.05, 0.1) is 14.5 Å². The molecule has 0 radical (unpaired) electrons. The Bertz CT molecular complexity index is 762. The molecule has 0 aliphatic rings. The molecule has 21 heavy (non-hydrogen) atoms. The Hall–Kier alpha value is -2.21. The minimum absolute atomic E-state index is 0.142. The minimum atomic E-state index is -5.25. The summed E-state index contributed by atoms with van der Waals surface area (Å²) in [7, 11) is 0. The molecule has 8 nitrogen and oxygen atoms in total. The molecule has 0 bridgehead atoms. The van der Waals surface area contributed by atoms with Crippen molar-refractivity contribution < 1.29 is 27.8 Å². The van der Waals surface area contributed by atoms with E-state index >= 15 is 0 Å². The first-order chi connectivity index (χ1) is 9.60. The highest BCUT2D eigenvalue weighted by Crippen LogP contribution is 2.46. The molecule has 1 aromatic carbocycles. The fourth-order valence-electron chi connectivity index (χ4n) is 1.54. The highest BCUT2D eigenvalue weighted by Gasteiger charge is 2.41. The SMILES string of the molecule is O=[N+]([O-])c1c(OC(F)(F)F)cc2sc(Cl)nc2c1[N+](=O)[O-]. The number of aromatic nitrogens is 1. The number of hydrogen-bond donors (Lipinski definition) is 0. The van der Waals surface area contributed by atoms with Gasteiger partial charge in [-0.25, -0.2) is 4.98 Å². The first kappa shape index (κ1) is 15.2. The standard InChI is InChI=1S/C8HClF3N3O5S/c9-7-13-4-3(21-7)1-2(20-8(10,11)12)5(14(16)17)6(4)15(18)19/h1H. The molecule has 1 heterocycles. The van der Waals surface area contributed by atoms with E-state index < -0.39 is 38.8 Å². The Labute approximate surface area is 121 Å². The Balaban J connectivity index is 2.87. The van der Waals surface area contributed by atoms with Crippen LogP contribution in [0.4, 0.5) is 24.5 Å². The smallest absolute Gasteiger partial charge is 0.398 e. The van der Waals surface area contributed by atoms with E-state index in [2.05, 4.69) is 9.72 Å². The van der Waals surface area contributed by atoms with Gasteiger partial charge in [0.25, 0.3) is 0 Å². The van der Waals surface area contributed by atoms with Crippen LogP contribution in [0.25, 0.3) is 10.2 Å². The van der Waals surface area contributed by atoms with E-state index in [0.29, 0.717) is 17.4 Å². The predicted molar refractivity (Wildman–Crippen MR) is 64.6 cm³/mol. The molecule has 2 rings (SSSR count). The topological polar surface area (TPSA) is 108 Å². The predicted octanol–water partition coefficient (Wildman–Crippen LogP) is 3.66. The first-order valence-corrected chi connectivity index (χ1v) is 5.97. The van der Waals surface area contributed by atoms with Crippen LogP contribution < -0.4 is 4.74 Å². The fourth-order valence-corrected chi connectivity index (χ4v) is 2.60. The number of ether oxygens (including phenoxy) is 1. The van der Waals surface area contributed by atoms with Crippen LogP contribution in [0, 0.1) is 20.2 Å². The Morgan fingerprint density at radius 2 is 1.81 bits per heavy atom. The summed E-state index contributed by atoms with van der Waals surface area (Å²) in [4.78, 5) is 22.8. The van der Waals surface area contributed by atoms with Gasteiger partial charge >= 0.3 is 17.7 Å². The number of benzene rings is 1. The molecule has 13 heteroatoms. The largest absolute Gasteiger partial charge is 0.573 e. The van der Waals surface area contributed by atoms with Gasteiger partial charge in [-0.2, -0.15) is 0 Å². The number of nitro groups is 2. The molecule has 1 aromatic heterocycles. The lowest BCUT2D eigenvalue weighted by molar-refractivity contribution is -0.423. The summed E-state index contributed by atoms with van der Waals surface area (Å²) in [6.45, 7) is 0. The number of alkyl halides is 3. The normalized spacial score (nSPS) is 11.6. The quantitative estimate of drug-likeness (QED) is 0.621. The molecule has 2 aromatic rings. The number of nitro benzene ring substituents is 2. The first-order valence-electron chi connectivity index (χ1n) is 4.77. The summed E-state index contributed by atoms with van der Waals surface area (Å²) in [6.07, 6.45) is -5.25. The number of halogens is 4. The summed E-state index contributed by atoms with van der Waals surface area (Å²) in [5.74, 6) is -1.30. The average molecular weight is 344 g/mol. The summed E-state index contributed by atoms with van der Waals surface area (Å²) in [5.41, 5.74) is -3.12. The zero-order chi connectivity index (χ0) is 15.9. The van der Waals surface area contributed by atoms with Crippen LogP contribution in [0.15, 0.2) is 6.07 Å². The average Bonchev–Trinajstić information content (AvgIpc) is 2.63. The van der Waals surface area contributed by atoms with Gasteiger partial charge in [-0.1, -0.05) is 11.6 Å². The number of rotatable bonds is 3. The summed E-state index contributed by atoms with van der Waals surface area (Å²) < 4.78 is 39.9. The molecule has 0 spiro atoms. The van der Waals surface area contributed by atoms with Crippen molar-refractivity contribution in [1.29, 1.82) is 0 Å². The molecule has 0 atom stereocenters. The van der Waals surface area contributed by atoms with Gasteiger partial charge in [-0.3, -0.25) is 20.2 Å². The molecular weight excluding hydrogens is 343 g/mol. The van der Waals surface area contributed by atoms with Crippen molar-refractivity contribution in [3.8, 4) is 5.75 Å². The molecule has 0 aliphatic carbocycles. The molecule has 0 amide bonds. The third kappa shape index (κ3) is 2.95. The van der Waals surface area contributed by atoms with Crippen molar-refractivity contribution in [3.63, 3.8) is 0 Å². The highest BCUT2D eigenvalue weighted by molar-refractivity contribution is 7.22. The lowest BCUT2D eigenvalue weighted by Crippen LogP contribution is -2.18. The third-order valence-electron chi connectivity index (χ3n) is 2.16. The van der Waals surface area contributed by atoms with E-state index in [-0.39, 0.29) is 9.17 Å². The highest BCUT2D eigenvalue weighted by atomic mass is 35.5. The second-order valence-corrected chi connectivity index (χ2v) is 5.06. The maximum atomic E-state index is 12.3. The fraction of sp³-hybridized carbons (Fsp3) is 0.125.